The monoisotopic (exact) mass is 236 g/mol. The minimum atomic E-state index is -2.52. The Kier molecular flexibility index (Phi) is 2.67. The number of hydrogen-bond donors (Lipinski definition) is 0. The summed E-state index contributed by atoms with van der Waals surface area (Å²) in [4.78, 5) is 0. The summed E-state index contributed by atoms with van der Waals surface area (Å²) in [6.45, 7) is 0. The molecule has 0 amide bonds. The Morgan fingerprint density at radius 3 is 2.50 bits per heavy atom. The normalized spacial score (nSPS) is 25.5. The fraction of sp³-hybridized carbons (Fsp3) is 0.400. The molecular formula is C10H8Cl2F2. The number of halogens is 4. The largest absolute Gasteiger partial charge is 0.265 e. The summed E-state index contributed by atoms with van der Waals surface area (Å²) in [6.07, 6.45) is -1.65. The highest BCUT2D eigenvalue weighted by Crippen LogP contribution is 2.46. The van der Waals surface area contributed by atoms with Crippen LogP contribution in [0.1, 0.15) is 29.9 Å². The van der Waals surface area contributed by atoms with E-state index in [1.807, 2.05) is 0 Å². The molecular weight excluding hydrogens is 229 g/mol. The highest BCUT2D eigenvalue weighted by Gasteiger charge is 2.36. The molecule has 0 aliphatic heterocycles. The second-order valence-electron chi connectivity index (χ2n) is 3.44. The fourth-order valence-corrected chi connectivity index (χ4v) is 2.01. The van der Waals surface area contributed by atoms with E-state index in [-0.39, 0.29) is 21.9 Å². The average Bonchev–Trinajstić information content (AvgIpc) is 2.83. The number of alkyl halides is 3. The zero-order chi connectivity index (χ0) is 10.3. The van der Waals surface area contributed by atoms with Crippen LogP contribution in [0.25, 0.3) is 0 Å². The molecule has 2 unspecified atom stereocenters. The fourth-order valence-electron chi connectivity index (χ4n) is 1.47. The van der Waals surface area contributed by atoms with E-state index in [1.165, 1.54) is 12.1 Å². The maximum Gasteiger partial charge on any atom is 0.265 e. The Labute approximate surface area is 90.8 Å². The Morgan fingerprint density at radius 1 is 1.36 bits per heavy atom. The van der Waals surface area contributed by atoms with Gasteiger partial charge in [0.1, 0.15) is 0 Å². The minimum absolute atomic E-state index is 0.0973. The zero-order valence-electron chi connectivity index (χ0n) is 7.18. The Bertz CT molecular complexity index is 352. The molecule has 1 fully saturated rings. The van der Waals surface area contributed by atoms with Crippen molar-refractivity contribution in [1.82, 2.24) is 0 Å². The van der Waals surface area contributed by atoms with Gasteiger partial charge in [0.25, 0.3) is 6.43 Å². The molecule has 2 rings (SSSR count). The van der Waals surface area contributed by atoms with Crippen LogP contribution in [-0.2, 0) is 0 Å². The van der Waals surface area contributed by atoms with Crippen LogP contribution in [0.2, 0.25) is 5.02 Å². The molecule has 0 aromatic heterocycles. The molecule has 0 spiro atoms. The van der Waals surface area contributed by atoms with Crippen LogP contribution in [0.4, 0.5) is 8.78 Å². The molecule has 1 aliphatic rings. The van der Waals surface area contributed by atoms with Crippen LogP contribution in [0.5, 0.6) is 0 Å². The number of benzene rings is 1. The van der Waals surface area contributed by atoms with Gasteiger partial charge in [0.15, 0.2) is 0 Å². The first kappa shape index (κ1) is 10.2. The molecule has 1 aliphatic carbocycles. The lowest BCUT2D eigenvalue weighted by atomic mass is 10.1. The van der Waals surface area contributed by atoms with Crippen LogP contribution < -0.4 is 0 Å². The third-order valence-corrected chi connectivity index (χ3v) is 3.22. The molecule has 14 heavy (non-hydrogen) atoms. The van der Waals surface area contributed by atoms with Crippen molar-refractivity contribution in [2.45, 2.75) is 24.1 Å². The SMILES string of the molecule is FC(F)c1cc(C2CC2Cl)ccc1Cl. The molecule has 0 bridgehead atoms. The van der Waals surface area contributed by atoms with Crippen LogP contribution in [-0.4, -0.2) is 5.38 Å². The van der Waals surface area contributed by atoms with Crippen molar-refractivity contribution in [2.75, 3.05) is 0 Å². The van der Waals surface area contributed by atoms with Crippen LogP contribution in [0.15, 0.2) is 18.2 Å². The predicted molar refractivity (Wildman–Crippen MR) is 53.4 cm³/mol. The van der Waals surface area contributed by atoms with Gasteiger partial charge in [0.05, 0.1) is 0 Å². The molecule has 1 aromatic carbocycles. The molecule has 4 heteroatoms. The van der Waals surface area contributed by atoms with Gasteiger partial charge in [-0.25, -0.2) is 8.78 Å². The first-order chi connectivity index (χ1) is 6.59. The van der Waals surface area contributed by atoms with Crippen molar-refractivity contribution in [3.05, 3.63) is 34.3 Å². The Hall–Kier alpha value is -0.340. The Balaban J connectivity index is 2.31. The van der Waals surface area contributed by atoms with Crippen molar-refractivity contribution < 1.29 is 8.78 Å². The lowest BCUT2D eigenvalue weighted by Crippen LogP contribution is -1.90. The highest BCUT2D eigenvalue weighted by atomic mass is 35.5. The molecule has 2 atom stereocenters. The van der Waals surface area contributed by atoms with E-state index in [1.54, 1.807) is 6.07 Å². The van der Waals surface area contributed by atoms with Gasteiger partial charge in [0.2, 0.25) is 0 Å². The van der Waals surface area contributed by atoms with E-state index in [9.17, 15) is 8.78 Å². The molecule has 0 nitrogen and oxygen atoms in total. The number of rotatable bonds is 2. The average molecular weight is 237 g/mol. The minimum Gasteiger partial charge on any atom is -0.205 e. The second kappa shape index (κ2) is 3.67. The second-order valence-corrected chi connectivity index (χ2v) is 4.41. The first-order valence-corrected chi connectivity index (χ1v) is 5.12. The molecule has 1 saturated carbocycles. The first-order valence-electron chi connectivity index (χ1n) is 4.31. The van der Waals surface area contributed by atoms with Crippen molar-refractivity contribution >= 4 is 23.2 Å². The van der Waals surface area contributed by atoms with Gasteiger partial charge in [-0.05, 0) is 24.1 Å². The number of hydrogen-bond acceptors (Lipinski definition) is 0. The molecule has 76 valence electrons. The van der Waals surface area contributed by atoms with E-state index in [2.05, 4.69) is 0 Å². The van der Waals surface area contributed by atoms with Crippen molar-refractivity contribution in [3.63, 3.8) is 0 Å². The summed E-state index contributed by atoms with van der Waals surface area (Å²) >= 11 is 11.5. The van der Waals surface area contributed by atoms with Crippen LogP contribution >= 0.6 is 23.2 Å². The van der Waals surface area contributed by atoms with Gasteiger partial charge in [-0.1, -0.05) is 17.7 Å². The predicted octanol–water partition coefficient (Wildman–Crippen LogP) is 4.37. The molecule has 0 N–H and O–H groups in total. The topological polar surface area (TPSA) is 0 Å². The van der Waals surface area contributed by atoms with E-state index < -0.39 is 6.43 Å². The van der Waals surface area contributed by atoms with Crippen molar-refractivity contribution in [1.29, 1.82) is 0 Å². The third kappa shape index (κ3) is 1.86. The lowest BCUT2D eigenvalue weighted by Gasteiger charge is -2.05. The summed E-state index contributed by atoms with van der Waals surface area (Å²) in [5, 5.41) is 0.220. The molecule has 0 radical (unpaired) electrons. The molecule has 1 aromatic rings. The van der Waals surface area contributed by atoms with E-state index in [0.717, 1.165) is 12.0 Å². The molecule has 0 saturated heterocycles. The van der Waals surface area contributed by atoms with Gasteiger partial charge < -0.3 is 0 Å². The van der Waals surface area contributed by atoms with Gasteiger partial charge in [-0.2, -0.15) is 0 Å². The van der Waals surface area contributed by atoms with Crippen LogP contribution in [0, 0.1) is 0 Å². The maximum absolute atomic E-state index is 12.5. The summed E-state index contributed by atoms with van der Waals surface area (Å²) in [5.41, 5.74) is 0.768. The zero-order valence-corrected chi connectivity index (χ0v) is 8.69. The van der Waals surface area contributed by atoms with E-state index in [0.29, 0.717) is 0 Å². The van der Waals surface area contributed by atoms with E-state index >= 15 is 0 Å². The maximum atomic E-state index is 12.5. The lowest BCUT2D eigenvalue weighted by molar-refractivity contribution is 0.151. The Morgan fingerprint density at radius 2 is 2.00 bits per heavy atom. The summed E-state index contributed by atoms with van der Waals surface area (Å²) < 4.78 is 24.9. The highest BCUT2D eigenvalue weighted by molar-refractivity contribution is 6.31. The van der Waals surface area contributed by atoms with Crippen LogP contribution in [0.3, 0.4) is 0 Å². The molecule has 0 heterocycles. The standard InChI is InChI=1S/C10H8Cl2F2/c11-8-2-1-5(6-4-9(6)12)3-7(8)10(13)14/h1-3,6,9-10H,4H2. The van der Waals surface area contributed by atoms with Gasteiger partial charge >= 0.3 is 0 Å². The van der Waals surface area contributed by atoms with Gasteiger partial charge in [0, 0.05) is 21.9 Å². The van der Waals surface area contributed by atoms with E-state index in [4.69, 9.17) is 23.2 Å². The van der Waals surface area contributed by atoms with Gasteiger partial charge in [-0.15, -0.1) is 11.6 Å². The third-order valence-electron chi connectivity index (χ3n) is 2.40. The smallest absolute Gasteiger partial charge is 0.205 e. The van der Waals surface area contributed by atoms with Crippen molar-refractivity contribution in [3.8, 4) is 0 Å². The summed E-state index contributed by atoms with van der Waals surface area (Å²) in [6, 6.07) is 4.74. The summed E-state index contributed by atoms with van der Waals surface area (Å²) in [7, 11) is 0. The van der Waals surface area contributed by atoms with Crippen molar-refractivity contribution in [2.24, 2.45) is 0 Å². The quantitative estimate of drug-likeness (QED) is 0.670. The van der Waals surface area contributed by atoms with Gasteiger partial charge in [-0.3, -0.25) is 0 Å². The summed E-state index contributed by atoms with van der Waals surface area (Å²) in [5.74, 6) is 0.228.